The molecule has 1 heterocycles. The average Bonchev–Trinajstić information content (AvgIpc) is 2.48. The number of nitrogens with one attached hydrogen (secondary N) is 1. The molecular weight excluding hydrogens is 321 g/mol. The first kappa shape index (κ1) is 16.9. The lowest BCUT2D eigenvalue weighted by atomic mass is 10.2. The van der Waals surface area contributed by atoms with Gasteiger partial charge in [-0.25, -0.2) is 9.37 Å². The topological polar surface area (TPSA) is 62.3 Å². The Morgan fingerprint density at radius 1 is 1.30 bits per heavy atom. The summed E-state index contributed by atoms with van der Waals surface area (Å²) in [7, 11) is 1.41. The van der Waals surface area contributed by atoms with E-state index in [9.17, 15) is 14.0 Å². The van der Waals surface area contributed by atoms with Gasteiger partial charge < -0.3 is 10.2 Å². The molecule has 0 saturated carbocycles. The summed E-state index contributed by atoms with van der Waals surface area (Å²) in [5.41, 5.74) is 0.578. The van der Waals surface area contributed by atoms with Crippen molar-refractivity contribution >= 4 is 29.2 Å². The summed E-state index contributed by atoms with van der Waals surface area (Å²) in [6.07, 6.45) is 0. The largest absolute Gasteiger partial charge is 0.332 e. The van der Waals surface area contributed by atoms with E-state index in [-0.39, 0.29) is 17.1 Å². The van der Waals surface area contributed by atoms with Crippen molar-refractivity contribution in [2.24, 2.45) is 0 Å². The van der Waals surface area contributed by atoms with E-state index in [2.05, 4.69) is 10.3 Å². The Morgan fingerprint density at radius 2 is 2.04 bits per heavy atom. The summed E-state index contributed by atoms with van der Waals surface area (Å²) in [5.74, 6) is -1.35. The van der Waals surface area contributed by atoms with Crippen molar-refractivity contribution in [2.45, 2.75) is 6.92 Å². The number of likely N-dealkylation sites (N-methyl/N-ethyl adjacent to an activating group) is 1. The first-order valence-corrected chi connectivity index (χ1v) is 7.18. The van der Waals surface area contributed by atoms with Gasteiger partial charge in [-0.05, 0) is 37.3 Å². The van der Waals surface area contributed by atoms with Gasteiger partial charge in [0.15, 0.2) is 0 Å². The van der Waals surface area contributed by atoms with E-state index in [1.54, 1.807) is 25.1 Å². The highest BCUT2D eigenvalue weighted by Gasteiger charge is 2.19. The van der Waals surface area contributed by atoms with E-state index in [4.69, 9.17) is 11.6 Å². The molecule has 2 aromatic rings. The highest BCUT2D eigenvalue weighted by molar-refractivity contribution is 6.31. The van der Waals surface area contributed by atoms with E-state index in [0.29, 0.717) is 5.82 Å². The smallest absolute Gasteiger partial charge is 0.257 e. The fraction of sp³-hybridized carbons (Fsp3) is 0.188. The molecule has 0 radical (unpaired) electrons. The third-order valence-electron chi connectivity index (χ3n) is 3.04. The fourth-order valence-corrected chi connectivity index (χ4v) is 2.12. The number of halogens is 2. The number of rotatable bonds is 4. The summed E-state index contributed by atoms with van der Waals surface area (Å²) in [5, 5.41) is 2.83. The Bertz CT molecular complexity index is 752. The van der Waals surface area contributed by atoms with Crippen LogP contribution in [0.1, 0.15) is 16.1 Å². The van der Waals surface area contributed by atoms with Crippen LogP contribution in [0.25, 0.3) is 0 Å². The van der Waals surface area contributed by atoms with Gasteiger partial charge in [-0.1, -0.05) is 17.7 Å². The Balaban J connectivity index is 2.03. The molecule has 0 aliphatic rings. The summed E-state index contributed by atoms with van der Waals surface area (Å²) in [6.45, 7) is 1.56. The van der Waals surface area contributed by atoms with Crippen molar-refractivity contribution in [2.75, 3.05) is 18.9 Å². The van der Waals surface area contributed by atoms with Crippen molar-refractivity contribution in [3.63, 3.8) is 0 Å². The molecule has 0 atom stereocenters. The second-order valence-electron chi connectivity index (χ2n) is 5.00. The molecule has 1 aromatic carbocycles. The van der Waals surface area contributed by atoms with Crippen LogP contribution in [0.3, 0.4) is 0 Å². The molecule has 2 amide bonds. The molecule has 0 unspecified atom stereocenters. The zero-order valence-corrected chi connectivity index (χ0v) is 13.4. The number of nitrogens with zero attached hydrogens (tertiary/aromatic N) is 2. The maximum Gasteiger partial charge on any atom is 0.257 e. The van der Waals surface area contributed by atoms with Crippen LogP contribution in [0.5, 0.6) is 0 Å². The number of anilines is 1. The van der Waals surface area contributed by atoms with Crippen molar-refractivity contribution in [1.29, 1.82) is 0 Å². The third kappa shape index (κ3) is 4.50. The molecule has 0 fully saturated rings. The van der Waals surface area contributed by atoms with Crippen LogP contribution < -0.4 is 5.32 Å². The Labute approximate surface area is 138 Å². The van der Waals surface area contributed by atoms with Gasteiger partial charge in [0, 0.05) is 17.8 Å². The molecule has 0 aliphatic carbocycles. The molecule has 0 bridgehead atoms. The molecule has 0 saturated heterocycles. The van der Waals surface area contributed by atoms with Gasteiger partial charge in [0.1, 0.15) is 11.6 Å². The zero-order chi connectivity index (χ0) is 17.0. The van der Waals surface area contributed by atoms with Crippen LogP contribution in [-0.4, -0.2) is 35.3 Å². The summed E-state index contributed by atoms with van der Waals surface area (Å²) in [6, 6.07) is 8.89. The minimum absolute atomic E-state index is 0.179. The molecule has 120 valence electrons. The van der Waals surface area contributed by atoms with Crippen LogP contribution in [-0.2, 0) is 4.79 Å². The number of amides is 2. The van der Waals surface area contributed by atoms with Crippen molar-refractivity contribution in [3.8, 4) is 0 Å². The Hall–Kier alpha value is -2.47. The van der Waals surface area contributed by atoms with Crippen molar-refractivity contribution in [1.82, 2.24) is 9.88 Å². The highest BCUT2D eigenvalue weighted by Crippen LogP contribution is 2.16. The fourth-order valence-electron chi connectivity index (χ4n) is 1.95. The first-order valence-electron chi connectivity index (χ1n) is 6.81. The molecule has 0 spiro atoms. The standard InChI is InChI=1S/C16H15ClFN3O2/c1-10-4-3-5-14(19-10)20-15(22)9-21(2)16(23)12-8-11(17)6-7-13(12)18/h3-8H,9H2,1-2H3,(H,19,20,22). The van der Waals surface area contributed by atoms with Gasteiger partial charge in [0.25, 0.3) is 5.91 Å². The van der Waals surface area contributed by atoms with Gasteiger partial charge in [-0.2, -0.15) is 0 Å². The highest BCUT2D eigenvalue weighted by atomic mass is 35.5. The van der Waals surface area contributed by atoms with Gasteiger partial charge >= 0.3 is 0 Å². The van der Waals surface area contributed by atoms with Gasteiger partial charge in [-0.15, -0.1) is 0 Å². The van der Waals surface area contributed by atoms with E-state index in [1.165, 1.54) is 19.2 Å². The number of benzene rings is 1. The van der Waals surface area contributed by atoms with Gasteiger partial charge in [-0.3, -0.25) is 9.59 Å². The maximum absolute atomic E-state index is 13.7. The predicted octanol–water partition coefficient (Wildman–Crippen LogP) is 2.89. The minimum Gasteiger partial charge on any atom is -0.332 e. The van der Waals surface area contributed by atoms with Gasteiger partial charge in [0.05, 0.1) is 12.1 Å². The second kappa shape index (κ2) is 7.19. The number of hydrogen-bond acceptors (Lipinski definition) is 3. The SMILES string of the molecule is Cc1cccc(NC(=O)CN(C)C(=O)c2cc(Cl)ccc2F)n1. The number of carbonyl (C=O) groups is 2. The number of carbonyl (C=O) groups excluding carboxylic acids is 2. The lowest BCUT2D eigenvalue weighted by Gasteiger charge is -2.17. The number of aromatic nitrogens is 1. The molecule has 5 nitrogen and oxygen atoms in total. The Kier molecular flexibility index (Phi) is 5.28. The number of hydrogen-bond donors (Lipinski definition) is 1. The average molecular weight is 336 g/mol. The zero-order valence-electron chi connectivity index (χ0n) is 12.6. The van der Waals surface area contributed by atoms with E-state index >= 15 is 0 Å². The molecule has 7 heteroatoms. The molecule has 1 aromatic heterocycles. The summed E-state index contributed by atoms with van der Waals surface area (Å²) >= 11 is 5.77. The monoisotopic (exact) mass is 335 g/mol. The molecule has 1 N–H and O–H groups in total. The third-order valence-corrected chi connectivity index (χ3v) is 3.28. The predicted molar refractivity (Wildman–Crippen MR) is 86.0 cm³/mol. The van der Waals surface area contributed by atoms with Crippen molar-refractivity contribution < 1.29 is 14.0 Å². The normalized spacial score (nSPS) is 10.3. The lowest BCUT2D eigenvalue weighted by molar-refractivity contribution is -0.116. The molecular formula is C16H15ClFN3O2. The van der Waals surface area contributed by atoms with Crippen LogP contribution >= 0.6 is 11.6 Å². The number of pyridine rings is 1. The van der Waals surface area contributed by atoms with E-state index in [1.807, 2.05) is 0 Å². The lowest BCUT2D eigenvalue weighted by Crippen LogP contribution is -2.35. The van der Waals surface area contributed by atoms with Gasteiger partial charge in [0.2, 0.25) is 5.91 Å². The maximum atomic E-state index is 13.7. The first-order chi connectivity index (χ1) is 10.9. The van der Waals surface area contributed by atoms with E-state index < -0.39 is 17.6 Å². The minimum atomic E-state index is -0.688. The quantitative estimate of drug-likeness (QED) is 0.934. The molecule has 23 heavy (non-hydrogen) atoms. The van der Waals surface area contributed by atoms with Crippen LogP contribution in [0.2, 0.25) is 5.02 Å². The number of aryl methyl sites for hydroxylation is 1. The van der Waals surface area contributed by atoms with Crippen molar-refractivity contribution in [3.05, 3.63) is 58.5 Å². The summed E-state index contributed by atoms with van der Waals surface area (Å²) in [4.78, 5) is 29.4. The Morgan fingerprint density at radius 3 is 2.74 bits per heavy atom. The molecule has 2 rings (SSSR count). The molecule has 0 aliphatic heterocycles. The second-order valence-corrected chi connectivity index (χ2v) is 5.43. The van der Waals surface area contributed by atoms with E-state index in [0.717, 1.165) is 16.7 Å². The van der Waals surface area contributed by atoms with Crippen LogP contribution in [0.4, 0.5) is 10.2 Å². The van der Waals surface area contributed by atoms with Crippen LogP contribution in [0, 0.1) is 12.7 Å². The van der Waals surface area contributed by atoms with Crippen LogP contribution in [0.15, 0.2) is 36.4 Å². The summed E-state index contributed by atoms with van der Waals surface area (Å²) < 4.78 is 13.7.